The molecule has 17 heavy (non-hydrogen) atoms. The molecule has 0 aliphatic rings. The van der Waals surface area contributed by atoms with E-state index in [1.165, 1.54) is 18.3 Å². The number of carbonyl (C=O) groups is 1. The molecule has 0 aliphatic carbocycles. The lowest BCUT2D eigenvalue weighted by Gasteiger charge is -2.03. The van der Waals surface area contributed by atoms with E-state index >= 15 is 0 Å². The maximum Gasteiger partial charge on any atom is 0.344 e. The quantitative estimate of drug-likeness (QED) is 0.781. The Hall–Kier alpha value is -1.58. The zero-order valence-electron chi connectivity index (χ0n) is 8.56. The van der Waals surface area contributed by atoms with Crippen molar-refractivity contribution in [2.75, 3.05) is 0 Å². The zero-order valence-corrected chi connectivity index (χ0v) is 10.1. The molecule has 0 bridgehead atoms. The molecule has 0 unspecified atom stereocenters. The van der Waals surface area contributed by atoms with Gasteiger partial charge in [-0.15, -0.1) is 0 Å². The largest absolute Gasteiger partial charge is 0.404 e. The molecule has 1 aromatic heterocycles. The Bertz CT molecular complexity index is 540. The molecule has 0 saturated heterocycles. The van der Waals surface area contributed by atoms with E-state index in [1.807, 2.05) is 0 Å². The van der Waals surface area contributed by atoms with Crippen LogP contribution in [0.25, 0.3) is 0 Å². The minimum Gasteiger partial charge on any atom is -0.404 e. The van der Waals surface area contributed by atoms with E-state index < -0.39 is 5.97 Å². The molecule has 0 fully saturated rings. The second-order valence-electron chi connectivity index (χ2n) is 3.21. The first-order valence-electron chi connectivity index (χ1n) is 4.74. The minimum absolute atomic E-state index is 0.194. The van der Waals surface area contributed by atoms with Crippen LogP contribution in [0.4, 0.5) is 0 Å². The zero-order chi connectivity index (χ0) is 12.3. The van der Waals surface area contributed by atoms with Crippen LogP contribution in [-0.4, -0.2) is 11.0 Å². The lowest BCUT2D eigenvalue weighted by molar-refractivity contribution is 0.0727. The number of rotatable bonds is 2. The molecule has 3 nitrogen and oxygen atoms in total. The molecule has 5 heteroatoms. The van der Waals surface area contributed by atoms with Gasteiger partial charge in [-0.3, -0.25) is 0 Å². The molecule has 1 heterocycles. The predicted molar refractivity (Wildman–Crippen MR) is 65.7 cm³/mol. The van der Waals surface area contributed by atoms with Gasteiger partial charge in [-0.1, -0.05) is 29.3 Å². The second-order valence-corrected chi connectivity index (χ2v) is 4.09. The molecule has 2 rings (SSSR count). The van der Waals surface area contributed by atoms with Gasteiger partial charge >= 0.3 is 5.97 Å². The SMILES string of the molecule is O=C(Oc1ccc(Cl)cn1)c1cccc(Cl)c1. The number of carbonyl (C=O) groups excluding carboxylic acids is 1. The maximum atomic E-state index is 11.7. The Morgan fingerprint density at radius 3 is 2.59 bits per heavy atom. The van der Waals surface area contributed by atoms with Crippen LogP contribution in [0.1, 0.15) is 10.4 Å². The van der Waals surface area contributed by atoms with Crippen molar-refractivity contribution in [2.45, 2.75) is 0 Å². The summed E-state index contributed by atoms with van der Waals surface area (Å²) in [4.78, 5) is 15.6. The Morgan fingerprint density at radius 2 is 1.94 bits per heavy atom. The third-order valence-corrected chi connectivity index (χ3v) is 2.42. The molecular formula is C12H7Cl2NO2. The Labute approximate surface area is 108 Å². The number of nitrogens with zero attached hydrogens (tertiary/aromatic N) is 1. The van der Waals surface area contributed by atoms with E-state index in [9.17, 15) is 4.79 Å². The van der Waals surface area contributed by atoms with Crippen molar-refractivity contribution in [1.29, 1.82) is 0 Å². The van der Waals surface area contributed by atoms with Crippen LogP contribution >= 0.6 is 23.2 Å². The molecular weight excluding hydrogens is 261 g/mol. The fraction of sp³-hybridized carbons (Fsp3) is 0. The summed E-state index contributed by atoms with van der Waals surface area (Å²) in [5, 5.41) is 0.955. The smallest absolute Gasteiger partial charge is 0.344 e. The summed E-state index contributed by atoms with van der Waals surface area (Å²) < 4.78 is 5.04. The number of pyridine rings is 1. The molecule has 0 amide bonds. The summed E-state index contributed by atoms with van der Waals surface area (Å²) in [7, 11) is 0. The first kappa shape index (κ1) is 11.9. The number of ether oxygens (including phenoxy) is 1. The average Bonchev–Trinajstić information content (AvgIpc) is 2.32. The van der Waals surface area contributed by atoms with Crippen molar-refractivity contribution in [3.63, 3.8) is 0 Å². The van der Waals surface area contributed by atoms with E-state index in [0.29, 0.717) is 15.6 Å². The van der Waals surface area contributed by atoms with Crippen LogP contribution in [0.2, 0.25) is 10.0 Å². The number of hydrogen-bond acceptors (Lipinski definition) is 3. The lowest BCUT2D eigenvalue weighted by Crippen LogP contribution is -2.09. The first-order valence-corrected chi connectivity index (χ1v) is 5.50. The van der Waals surface area contributed by atoms with E-state index in [0.717, 1.165) is 0 Å². The minimum atomic E-state index is -0.512. The highest BCUT2D eigenvalue weighted by atomic mass is 35.5. The monoisotopic (exact) mass is 267 g/mol. The first-order chi connectivity index (χ1) is 8.15. The fourth-order valence-corrected chi connectivity index (χ4v) is 1.49. The van der Waals surface area contributed by atoms with E-state index in [2.05, 4.69) is 4.98 Å². The van der Waals surface area contributed by atoms with E-state index in [4.69, 9.17) is 27.9 Å². The van der Waals surface area contributed by atoms with Gasteiger partial charge in [0.15, 0.2) is 0 Å². The molecule has 0 saturated carbocycles. The predicted octanol–water partition coefficient (Wildman–Crippen LogP) is 3.61. The lowest BCUT2D eigenvalue weighted by atomic mass is 10.2. The third kappa shape index (κ3) is 3.19. The molecule has 86 valence electrons. The van der Waals surface area contributed by atoms with E-state index in [1.54, 1.807) is 24.3 Å². The van der Waals surface area contributed by atoms with Gasteiger partial charge in [-0.05, 0) is 24.3 Å². The highest BCUT2D eigenvalue weighted by Gasteiger charge is 2.09. The van der Waals surface area contributed by atoms with Crippen molar-refractivity contribution in [3.05, 3.63) is 58.2 Å². The second kappa shape index (κ2) is 5.17. The van der Waals surface area contributed by atoms with Crippen LogP contribution in [0.3, 0.4) is 0 Å². The molecule has 0 aliphatic heterocycles. The van der Waals surface area contributed by atoms with Crippen LogP contribution in [0.15, 0.2) is 42.6 Å². The van der Waals surface area contributed by atoms with Crippen molar-refractivity contribution in [3.8, 4) is 5.88 Å². The van der Waals surface area contributed by atoms with Gasteiger partial charge in [0, 0.05) is 17.3 Å². The average molecular weight is 268 g/mol. The van der Waals surface area contributed by atoms with Crippen molar-refractivity contribution < 1.29 is 9.53 Å². The highest BCUT2D eigenvalue weighted by Crippen LogP contribution is 2.15. The van der Waals surface area contributed by atoms with Crippen molar-refractivity contribution >= 4 is 29.2 Å². The van der Waals surface area contributed by atoms with Gasteiger partial charge in [0.05, 0.1) is 10.6 Å². The summed E-state index contributed by atoms with van der Waals surface area (Å²) >= 11 is 11.4. The Kier molecular flexibility index (Phi) is 3.61. The van der Waals surface area contributed by atoms with Gasteiger partial charge in [-0.2, -0.15) is 0 Å². The van der Waals surface area contributed by atoms with Gasteiger partial charge < -0.3 is 4.74 Å². The number of esters is 1. The molecule has 1 aromatic carbocycles. The summed E-state index contributed by atoms with van der Waals surface area (Å²) in [6, 6.07) is 9.61. The van der Waals surface area contributed by atoms with Gasteiger partial charge in [0.25, 0.3) is 0 Å². The molecule has 0 radical (unpaired) electrons. The maximum absolute atomic E-state index is 11.7. The number of hydrogen-bond donors (Lipinski definition) is 0. The van der Waals surface area contributed by atoms with Crippen LogP contribution in [0.5, 0.6) is 5.88 Å². The van der Waals surface area contributed by atoms with E-state index in [-0.39, 0.29) is 5.88 Å². The van der Waals surface area contributed by atoms with Gasteiger partial charge in [-0.25, -0.2) is 9.78 Å². The number of aromatic nitrogens is 1. The Morgan fingerprint density at radius 1 is 1.12 bits per heavy atom. The molecule has 0 spiro atoms. The van der Waals surface area contributed by atoms with Gasteiger partial charge in [0.1, 0.15) is 0 Å². The van der Waals surface area contributed by atoms with Crippen LogP contribution < -0.4 is 4.74 Å². The van der Waals surface area contributed by atoms with Crippen molar-refractivity contribution in [2.24, 2.45) is 0 Å². The molecule has 0 atom stereocenters. The number of halogens is 2. The molecule has 2 aromatic rings. The topological polar surface area (TPSA) is 39.2 Å². The summed E-state index contributed by atoms with van der Waals surface area (Å²) in [6.45, 7) is 0. The Balaban J connectivity index is 2.14. The molecule has 0 N–H and O–H groups in total. The fourth-order valence-electron chi connectivity index (χ4n) is 1.19. The standard InChI is InChI=1S/C12H7Cl2NO2/c13-9-3-1-2-8(6-9)12(16)17-11-5-4-10(14)7-15-11/h1-7H. The normalized spacial score (nSPS) is 10.0. The third-order valence-electron chi connectivity index (χ3n) is 1.96. The van der Waals surface area contributed by atoms with Gasteiger partial charge in [0.2, 0.25) is 5.88 Å². The summed E-state index contributed by atoms with van der Waals surface area (Å²) in [6.07, 6.45) is 1.40. The van der Waals surface area contributed by atoms with Crippen molar-refractivity contribution in [1.82, 2.24) is 4.98 Å². The van der Waals surface area contributed by atoms with Crippen LogP contribution in [-0.2, 0) is 0 Å². The summed E-state index contributed by atoms with van der Waals surface area (Å²) in [5.41, 5.74) is 0.370. The number of benzene rings is 1. The summed E-state index contributed by atoms with van der Waals surface area (Å²) in [5.74, 6) is -0.318. The highest BCUT2D eigenvalue weighted by molar-refractivity contribution is 6.31. The van der Waals surface area contributed by atoms with Crippen LogP contribution in [0, 0.1) is 0 Å².